The van der Waals surface area contributed by atoms with Gasteiger partial charge in [0.15, 0.2) is 17.2 Å². The molecule has 3 aliphatic carbocycles. The number of allylic oxidation sites excluding steroid dienone is 1. The largest absolute Gasteiger partial charge is 0.508 e. The topological polar surface area (TPSA) is 166 Å². The Bertz CT molecular complexity index is 1460. The molecule has 0 aliphatic heterocycles. The summed E-state index contributed by atoms with van der Waals surface area (Å²) in [7, 11) is 0. The van der Waals surface area contributed by atoms with Crippen molar-refractivity contribution in [3.63, 3.8) is 0 Å². The van der Waals surface area contributed by atoms with Crippen molar-refractivity contribution in [2.24, 2.45) is 22.7 Å². The third kappa shape index (κ3) is 4.36. The van der Waals surface area contributed by atoms with Gasteiger partial charge in [-0.15, -0.1) is 0 Å². The van der Waals surface area contributed by atoms with Gasteiger partial charge in [0, 0.05) is 47.1 Å². The molecule has 1 aromatic carbocycles. The number of phenols is 1. The molecule has 0 amide bonds. The van der Waals surface area contributed by atoms with E-state index in [9.17, 15) is 44.4 Å². The number of carbonyl (C=O) groups is 5. The first kappa shape index (κ1) is 30.4. The molecule has 1 aromatic rings. The lowest BCUT2D eigenvalue weighted by Gasteiger charge is -2.59. The maximum absolute atomic E-state index is 14.3. The van der Waals surface area contributed by atoms with E-state index in [1.165, 1.54) is 6.92 Å². The van der Waals surface area contributed by atoms with Crippen LogP contribution in [0.5, 0.6) is 5.75 Å². The molecule has 0 saturated heterocycles. The summed E-state index contributed by atoms with van der Waals surface area (Å²) in [6, 6.07) is 3.27. The van der Waals surface area contributed by atoms with Crippen LogP contribution in [0.1, 0.15) is 83.9 Å². The Hall–Kier alpha value is -3.59. The number of phenolic OH excluding ortho intramolecular Hbond substituents is 1. The van der Waals surface area contributed by atoms with Crippen LogP contribution >= 0.6 is 0 Å². The van der Waals surface area contributed by atoms with Crippen LogP contribution in [-0.2, 0) is 36.8 Å². The van der Waals surface area contributed by atoms with E-state index in [1.54, 1.807) is 39.8 Å². The number of aliphatic hydroxyl groups excluding tert-OH is 2. The summed E-state index contributed by atoms with van der Waals surface area (Å²) in [6.45, 7) is 9.32. The molecular formula is C32H38O9. The fourth-order valence-electron chi connectivity index (χ4n) is 7.73. The molecule has 4 atom stereocenters. The van der Waals surface area contributed by atoms with Crippen molar-refractivity contribution in [1.29, 1.82) is 0 Å². The molecular weight excluding hydrogens is 528 g/mol. The highest BCUT2D eigenvalue weighted by atomic mass is 16.3. The second-order valence-corrected chi connectivity index (χ2v) is 12.8. The van der Waals surface area contributed by atoms with Crippen molar-refractivity contribution in [2.45, 2.75) is 85.7 Å². The van der Waals surface area contributed by atoms with Gasteiger partial charge in [-0.1, -0.05) is 39.8 Å². The van der Waals surface area contributed by atoms with Crippen LogP contribution in [0.15, 0.2) is 29.0 Å². The van der Waals surface area contributed by atoms with Gasteiger partial charge >= 0.3 is 0 Å². The normalized spacial score (nSPS) is 29.3. The van der Waals surface area contributed by atoms with Crippen molar-refractivity contribution >= 4 is 34.7 Å². The highest BCUT2D eigenvalue weighted by Gasteiger charge is 2.72. The standard InChI is InChI=1S/C32H38O9/c1-15(2)23-26(37)21(17(4)34)28(39)32(41)29(40)24-27(38)22-19(13-30(24,5)14-31(23,32)6)11-10-18(25(22)36)12-20(35)9-7-8-16(3)33/h10-11,15,23,36,38-39,41H,7-9,12-14H2,1-6H3/t23?,30-,31-,32+/m1/s1. The van der Waals surface area contributed by atoms with Gasteiger partial charge < -0.3 is 25.2 Å². The number of rotatable bonds is 8. The molecule has 0 spiro atoms. The lowest BCUT2D eigenvalue weighted by molar-refractivity contribution is -0.178. The summed E-state index contributed by atoms with van der Waals surface area (Å²) < 4.78 is 0. The Morgan fingerprint density at radius 2 is 1.66 bits per heavy atom. The number of fused-ring (bicyclic) bond motifs is 3. The van der Waals surface area contributed by atoms with Crippen LogP contribution in [0.4, 0.5) is 0 Å². The van der Waals surface area contributed by atoms with E-state index in [4.69, 9.17) is 0 Å². The van der Waals surface area contributed by atoms with Gasteiger partial charge in [-0.2, -0.15) is 0 Å². The molecule has 41 heavy (non-hydrogen) atoms. The Balaban J connectivity index is 1.87. The van der Waals surface area contributed by atoms with E-state index in [-0.39, 0.29) is 66.1 Å². The van der Waals surface area contributed by atoms with Crippen LogP contribution in [-0.4, -0.2) is 54.9 Å². The van der Waals surface area contributed by atoms with E-state index >= 15 is 0 Å². The summed E-state index contributed by atoms with van der Waals surface area (Å²) in [5.41, 5.74) is -5.37. The zero-order valence-corrected chi connectivity index (χ0v) is 24.4. The van der Waals surface area contributed by atoms with Gasteiger partial charge in [0.1, 0.15) is 34.4 Å². The minimum absolute atomic E-state index is 0.0159. The van der Waals surface area contributed by atoms with E-state index in [1.807, 2.05) is 0 Å². The molecule has 0 radical (unpaired) electrons. The van der Waals surface area contributed by atoms with Crippen LogP contribution in [0.3, 0.4) is 0 Å². The Kier molecular flexibility index (Phi) is 7.44. The van der Waals surface area contributed by atoms with E-state index in [0.29, 0.717) is 12.0 Å². The minimum Gasteiger partial charge on any atom is -0.508 e. The SMILES string of the molecule is CC(=O)CCCC(=O)Cc1ccc2c(c1O)C(O)=C1C(=O)[C@@]3(O)C(O)=C(C(C)=O)C(=O)C(C(C)C)[C@@]3(C)C[C@@]1(C)C2. The smallest absolute Gasteiger partial charge is 0.203 e. The summed E-state index contributed by atoms with van der Waals surface area (Å²) in [6.07, 6.45) is 0.845. The van der Waals surface area contributed by atoms with Gasteiger partial charge in [0.25, 0.3) is 0 Å². The lowest BCUT2D eigenvalue weighted by atomic mass is 9.43. The Labute approximate surface area is 239 Å². The maximum atomic E-state index is 14.3. The highest BCUT2D eigenvalue weighted by molar-refractivity contribution is 6.24. The highest BCUT2D eigenvalue weighted by Crippen LogP contribution is 2.65. The van der Waals surface area contributed by atoms with E-state index < -0.39 is 62.7 Å². The van der Waals surface area contributed by atoms with Crippen molar-refractivity contribution in [3.8, 4) is 5.75 Å². The molecule has 3 aliphatic rings. The number of Topliss-reactive ketones (excluding diaryl/α,β-unsaturated/α-hetero) is 5. The van der Waals surface area contributed by atoms with Crippen LogP contribution in [0, 0.1) is 22.7 Å². The Morgan fingerprint density at radius 1 is 1.02 bits per heavy atom. The number of aromatic hydroxyl groups is 1. The first-order chi connectivity index (χ1) is 18.9. The molecule has 0 heterocycles. The van der Waals surface area contributed by atoms with Gasteiger partial charge in [0.05, 0.1) is 5.56 Å². The van der Waals surface area contributed by atoms with Gasteiger partial charge in [0.2, 0.25) is 5.78 Å². The second-order valence-electron chi connectivity index (χ2n) is 12.8. The minimum atomic E-state index is -2.67. The van der Waals surface area contributed by atoms with Crippen molar-refractivity contribution in [2.75, 3.05) is 0 Å². The Morgan fingerprint density at radius 3 is 2.22 bits per heavy atom. The molecule has 0 bridgehead atoms. The number of aliphatic hydroxyl groups is 3. The van der Waals surface area contributed by atoms with E-state index in [0.717, 1.165) is 6.92 Å². The quantitative estimate of drug-likeness (QED) is 0.339. The number of benzene rings is 1. The van der Waals surface area contributed by atoms with Crippen LogP contribution < -0.4 is 0 Å². The number of hydrogen-bond acceptors (Lipinski definition) is 9. The molecule has 1 fully saturated rings. The fourth-order valence-corrected chi connectivity index (χ4v) is 7.73. The van der Waals surface area contributed by atoms with Crippen LogP contribution in [0.2, 0.25) is 0 Å². The molecule has 1 saturated carbocycles. The van der Waals surface area contributed by atoms with Gasteiger partial charge in [-0.25, -0.2) is 0 Å². The molecule has 220 valence electrons. The van der Waals surface area contributed by atoms with Crippen LogP contribution in [0.25, 0.3) is 5.76 Å². The first-order valence-corrected chi connectivity index (χ1v) is 14.0. The second kappa shape index (κ2) is 10.0. The molecule has 4 rings (SSSR count). The predicted octanol–water partition coefficient (Wildman–Crippen LogP) is 4.06. The van der Waals surface area contributed by atoms with Crippen molar-refractivity contribution in [1.82, 2.24) is 0 Å². The van der Waals surface area contributed by atoms with E-state index in [2.05, 4.69) is 0 Å². The van der Waals surface area contributed by atoms with Gasteiger partial charge in [-0.05, 0) is 44.6 Å². The molecule has 9 heteroatoms. The average molecular weight is 567 g/mol. The summed E-state index contributed by atoms with van der Waals surface area (Å²) in [5, 5.41) is 46.0. The monoisotopic (exact) mass is 566 g/mol. The number of hydrogen-bond donors (Lipinski definition) is 4. The number of ketones is 5. The lowest BCUT2D eigenvalue weighted by Crippen LogP contribution is -2.69. The maximum Gasteiger partial charge on any atom is 0.203 e. The summed E-state index contributed by atoms with van der Waals surface area (Å²) >= 11 is 0. The zero-order chi connectivity index (χ0) is 30.8. The zero-order valence-electron chi connectivity index (χ0n) is 24.4. The van der Waals surface area contributed by atoms with Gasteiger partial charge in [-0.3, -0.25) is 19.2 Å². The summed E-state index contributed by atoms with van der Waals surface area (Å²) in [5.74, 6) is -6.00. The fraction of sp³-hybridized carbons (Fsp3) is 0.531. The van der Waals surface area contributed by atoms with Crippen molar-refractivity contribution in [3.05, 3.63) is 45.7 Å². The summed E-state index contributed by atoms with van der Waals surface area (Å²) in [4.78, 5) is 64.0. The number of carbonyl (C=O) groups excluding carboxylic acids is 5. The molecule has 4 N–H and O–H groups in total. The van der Waals surface area contributed by atoms with Crippen molar-refractivity contribution < 1.29 is 44.4 Å². The average Bonchev–Trinajstić information content (AvgIpc) is 2.82. The molecule has 1 unspecified atom stereocenters. The predicted molar refractivity (Wildman–Crippen MR) is 149 cm³/mol. The third-order valence-electron chi connectivity index (χ3n) is 9.33. The molecule has 9 nitrogen and oxygen atoms in total. The molecule has 0 aromatic heterocycles. The third-order valence-corrected chi connectivity index (χ3v) is 9.33. The first-order valence-electron chi connectivity index (χ1n) is 14.0.